The number of carbonyl (C=O) groups excluding carboxylic acids is 1. The van der Waals surface area contributed by atoms with Crippen molar-refractivity contribution in [1.29, 1.82) is 0 Å². The van der Waals surface area contributed by atoms with Crippen molar-refractivity contribution < 1.29 is 23.1 Å². The highest BCUT2D eigenvalue weighted by Gasteiger charge is 2.39. The molecule has 0 atom stereocenters. The van der Waals surface area contributed by atoms with Crippen LogP contribution in [0.2, 0.25) is 0 Å². The van der Waals surface area contributed by atoms with Crippen LogP contribution in [0, 0.1) is 0 Å². The maximum atomic E-state index is 13.4. The fraction of sp³-hybridized carbons (Fsp3) is 0.0500. The normalized spacial score (nSPS) is 10.8. The van der Waals surface area contributed by atoms with E-state index in [-0.39, 0.29) is 17.1 Å². The highest BCUT2D eigenvalue weighted by Crippen LogP contribution is 2.51. The maximum absolute atomic E-state index is 13.4. The topological polar surface area (TPSA) is 61.8 Å². The molecule has 0 aliphatic heterocycles. The standard InChI is InChI=1S/C20H17O5P/c1-23-17-14-12-16(13-15-17)20(21)26(22,24-18-8-4-2-5-9-18)25-19-10-6-3-7-11-19/h2-15H,1H3. The first-order valence-electron chi connectivity index (χ1n) is 7.89. The van der Waals surface area contributed by atoms with Gasteiger partial charge >= 0.3 is 7.60 Å². The van der Waals surface area contributed by atoms with Crippen LogP contribution in [-0.4, -0.2) is 12.6 Å². The van der Waals surface area contributed by atoms with Gasteiger partial charge in [-0.05, 0) is 48.5 Å². The Morgan fingerprint density at radius 2 is 1.15 bits per heavy atom. The summed E-state index contributed by atoms with van der Waals surface area (Å²) < 4.78 is 29.5. The molecule has 0 radical (unpaired) electrons. The lowest BCUT2D eigenvalue weighted by Gasteiger charge is -2.19. The zero-order valence-corrected chi connectivity index (χ0v) is 15.0. The number of rotatable bonds is 7. The Bertz CT molecular complexity index is 862. The molecule has 0 aromatic heterocycles. The summed E-state index contributed by atoms with van der Waals surface area (Å²) >= 11 is 0. The Balaban J connectivity index is 1.95. The van der Waals surface area contributed by atoms with E-state index in [1.165, 1.54) is 19.2 Å². The quantitative estimate of drug-likeness (QED) is 0.537. The molecule has 0 amide bonds. The molecule has 0 saturated heterocycles. The second kappa shape index (κ2) is 7.89. The minimum atomic E-state index is -4.18. The summed E-state index contributed by atoms with van der Waals surface area (Å²) in [6, 6.07) is 23.2. The molecule has 0 N–H and O–H groups in total. The summed E-state index contributed by atoms with van der Waals surface area (Å²) in [6.07, 6.45) is 0. The van der Waals surface area contributed by atoms with Crippen LogP contribution in [0.25, 0.3) is 0 Å². The summed E-state index contributed by atoms with van der Waals surface area (Å²) in [5.41, 5.74) is -0.520. The van der Waals surface area contributed by atoms with Gasteiger partial charge in [-0.1, -0.05) is 36.4 Å². The van der Waals surface area contributed by atoms with Gasteiger partial charge < -0.3 is 13.8 Å². The summed E-state index contributed by atoms with van der Waals surface area (Å²) in [6.45, 7) is 0. The van der Waals surface area contributed by atoms with Crippen LogP contribution in [0.5, 0.6) is 17.2 Å². The highest BCUT2D eigenvalue weighted by molar-refractivity contribution is 7.73. The van der Waals surface area contributed by atoms with Crippen LogP contribution in [0.3, 0.4) is 0 Å². The second-order valence-corrected chi connectivity index (χ2v) is 7.11. The van der Waals surface area contributed by atoms with E-state index in [4.69, 9.17) is 13.8 Å². The van der Waals surface area contributed by atoms with Gasteiger partial charge in [0.25, 0.3) is 5.52 Å². The van der Waals surface area contributed by atoms with Gasteiger partial charge in [-0.25, -0.2) is 4.57 Å². The number of para-hydroxylation sites is 2. The van der Waals surface area contributed by atoms with Gasteiger partial charge in [0, 0.05) is 5.56 Å². The van der Waals surface area contributed by atoms with E-state index < -0.39 is 13.1 Å². The average Bonchev–Trinajstić information content (AvgIpc) is 2.69. The van der Waals surface area contributed by atoms with E-state index in [0.29, 0.717) is 5.75 Å². The Morgan fingerprint density at radius 3 is 1.58 bits per heavy atom. The molecule has 0 spiro atoms. The minimum Gasteiger partial charge on any atom is -0.497 e. The molecule has 3 aromatic carbocycles. The van der Waals surface area contributed by atoms with Crippen molar-refractivity contribution in [2.45, 2.75) is 0 Å². The summed E-state index contributed by atoms with van der Waals surface area (Å²) in [5.74, 6) is 1.16. The molecule has 0 saturated carbocycles. The SMILES string of the molecule is COc1ccc(C(=O)P(=O)(Oc2ccccc2)Oc2ccccc2)cc1. The van der Waals surface area contributed by atoms with Crippen LogP contribution in [0.15, 0.2) is 84.9 Å². The van der Waals surface area contributed by atoms with E-state index in [1.54, 1.807) is 72.8 Å². The summed E-state index contributed by atoms with van der Waals surface area (Å²) in [4.78, 5) is 12.9. The lowest BCUT2D eigenvalue weighted by molar-refractivity contribution is 0.104. The smallest absolute Gasteiger partial charge is 0.497 e. The molecule has 0 aliphatic rings. The fourth-order valence-corrected chi connectivity index (χ4v) is 3.70. The van der Waals surface area contributed by atoms with Gasteiger partial charge in [0.05, 0.1) is 7.11 Å². The first-order valence-corrected chi connectivity index (χ1v) is 9.43. The van der Waals surface area contributed by atoms with Gasteiger partial charge in [0.15, 0.2) is 0 Å². The third-order valence-corrected chi connectivity index (χ3v) is 5.18. The maximum Gasteiger partial charge on any atom is 0.503 e. The van der Waals surface area contributed by atoms with E-state index >= 15 is 0 Å². The van der Waals surface area contributed by atoms with Crippen LogP contribution in [-0.2, 0) is 4.57 Å². The molecule has 5 nitrogen and oxygen atoms in total. The van der Waals surface area contributed by atoms with E-state index in [2.05, 4.69) is 0 Å². The summed E-state index contributed by atoms with van der Waals surface area (Å²) in [5, 5.41) is 0. The van der Waals surface area contributed by atoms with Gasteiger partial charge in [-0.2, -0.15) is 0 Å². The lowest BCUT2D eigenvalue weighted by atomic mass is 10.2. The second-order valence-electron chi connectivity index (χ2n) is 5.34. The predicted octanol–water partition coefficient (Wildman–Crippen LogP) is 5.19. The highest BCUT2D eigenvalue weighted by atomic mass is 31.2. The molecule has 3 aromatic rings. The Labute approximate surface area is 151 Å². The van der Waals surface area contributed by atoms with Crippen molar-refractivity contribution in [1.82, 2.24) is 0 Å². The number of benzene rings is 3. The van der Waals surface area contributed by atoms with Gasteiger partial charge in [-0.3, -0.25) is 4.79 Å². The molecule has 132 valence electrons. The molecule has 0 fully saturated rings. The Hall–Kier alpha value is -3.04. The number of hydrogen-bond donors (Lipinski definition) is 0. The van der Waals surface area contributed by atoms with Gasteiger partial charge in [0.1, 0.15) is 17.2 Å². The van der Waals surface area contributed by atoms with E-state index in [9.17, 15) is 9.36 Å². The van der Waals surface area contributed by atoms with Crippen molar-refractivity contribution >= 4 is 13.1 Å². The minimum absolute atomic E-state index is 0.209. The van der Waals surface area contributed by atoms with Crippen LogP contribution in [0.4, 0.5) is 0 Å². The van der Waals surface area contributed by atoms with Crippen molar-refractivity contribution in [3.8, 4) is 17.2 Å². The van der Waals surface area contributed by atoms with E-state index in [1.807, 2.05) is 0 Å². The largest absolute Gasteiger partial charge is 0.503 e. The molecule has 0 bridgehead atoms. The number of ether oxygens (including phenoxy) is 1. The number of methoxy groups -OCH3 is 1. The van der Waals surface area contributed by atoms with Crippen molar-refractivity contribution in [2.24, 2.45) is 0 Å². The molecule has 3 rings (SSSR count). The average molecular weight is 368 g/mol. The molecule has 26 heavy (non-hydrogen) atoms. The fourth-order valence-electron chi connectivity index (χ4n) is 2.23. The van der Waals surface area contributed by atoms with Crippen molar-refractivity contribution in [3.63, 3.8) is 0 Å². The van der Waals surface area contributed by atoms with Gasteiger partial charge in [0.2, 0.25) is 0 Å². The molecular weight excluding hydrogens is 351 g/mol. The van der Waals surface area contributed by atoms with E-state index in [0.717, 1.165) is 0 Å². The van der Waals surface area contributed by atoms with Gasteiger partial charge in [-0.15, -0.1) is 0 Å². The molecule has 0 heterocycles. The molecule has 6 heteroatoms. The van der Waals surface area contributed by atoms with Crippen molar-refractivity contribution in [3.05, 3.63) is 90.5 Å². The molecule has 0 aliphatic carbocycles. The monoisotopic (exact) mass is 368 g/mol. The Kier molecular flexibility index (Phi) is 5.40. The lowest BCUT2D eigenvalue weighted by Crippen LogP contribution is -2.12. The number of hydrogen-bond acceptors (Lipinski definition) is 5. The molecule has 0 unspecified atom stereocenters. The third-order valence-electron chi connectivity index (χ3n) is 3.52. The van der Waals surface area contributed by atoms with Crippen LogP contribution >= 0.6 is 7.60 Å². The number of carbonyl (C=O) groups is 1. The summed E-state index contributed by atoms with van der Waals surface area (Å²) in [7, 11) is -2.65. The van der Waals surface area contributed by atoms with Crippen LogP contribution in [0.1, 0.15) is 10.4 Å². The van der Waals surface area contributed by atoms with Crippen molar-refractivity contribution in [2.75, 3.05) is 7.11 Å². The molecular formula is C20H17O5P. The Morgan fingerprint density at radius 1 is 0.692 bits per heavy atom. The zero-order chi connectivity index (χ0) is 18.4. The predicted molar refractivity (Wildman–Crippen MR) is 99.1 cm³/mol. The third kappa shape index (κ3) is 4.13. The first-order chi connectivity index (χ1) is 12.6. The first kappa shape index (κ1) is 17.8. The van der Waals surface area contributed by atoms with Crippen LogP contribution < -0.4 is 13.8 Å². The zero-order valence-electron chi connectivity index (χ0n) is 14.1.